The first-order valence-electron chi connectivity index (χ1n) is 8.39. The molecule has 0 aromatic heterocycles. The first-order valence-corrected chi connectivity index (χ1v) is 8.39. The normalized spacial score (nSPS) is 15.6. The van der Waals surface area contributed by atoms with Crippen LogP contribution in [0.5, 0.6) is 0 Å². The lowest BCUT2D eigenvalue weighted by molar-refractivity contribution is -0.384. The fourth-order valence-corrected chi connectivity index (χ4v) is 2.90. The van der Waals surface area contributed by atoms with Crippen molar-refractivity contribution in [2.75, 3.05) is 13.6 Å². The lowest BCUT2D eigenvalue weighted by Crippen LogP contribution is -2.42. The third-order valence-electron chi connectivity index (χ3n) is 4.25. The maximum absolute atomic E-state index is 10.6. The summed E-state index contributed by atoms with van der Waals surface area (Å²) in [6.07, 6.45) is 8.12. The molecule has 0 heterocycles. The van der Waals surface area contributed by atoms with E-state index in [1.165, 1.54) is 25.7 Å². The molecule has 0 spiro atoms. The molecule has 23 heavy (non-hydrogen) atoms. The number of nitro benzene ring substituents is 1. The van der Waals surface area contributed by atoms with Crippen molar-refractivity contribution in [3.05, 3.63) is 39.9 Å². The number of unbranched alkanes of at least 4 members (excludes halogenated alkanes) is 1. The zero-order valence-corrected chi connectivity index (χ0v) is 13.8. The van der Waals surface area contributed by atoms with Gasteiger partial charge in [0.05, 0.1) is 4.92 Å². The molecule has 6 nitrogen and oxygen atoms in total. The van der Waals surface area contributed by atoms with Crippen LogP contribution in [-0.4, -0.2) is 30.5 Å². The number of guanidine groups is 1. The molecule has 1 aliphatic carbocycles. The average Bonchev–Trinajstić information content (AvgIpc) is 3.07. The molecule has 0 atom stereocenters. The van der Waals surface area contributed by atoms with E-state index in [2.05, 4.69) is 15.6 Å². The van der Waals surface area contributed by atoms with Crippen molar-refractivity contribution in [2.24, 2.45) is 4.99 Å². The summed E-state index contributed by atoms with van der Waals surface area (Å²) in [5, 5.41) is 17.4. The van der Waals surface area contributed by atoms with Gasteiger partial charge in [0.15, 0.2) is 5.96 Å². The highest BCUT2D eigenvalue weighted by molar-refractivity contribution is 5.79. The molecule has 0 radical (unpaired) electrons. The second-order valence-electron chi connectivity index (χ2n) is 6.01. The zero-order valence-electron chi connectivity index (χ0n) is 13.8. The Labute approximate surface area is 137 Å². The van der Waals surface area contributed by atoms with E-state index in [4.69, 9.17) is 0 Å². The summed E-state index contributed by atoms with van der Waals surface area (Å²) in [4.78, 5) is 14.5. The van der Waals surface area contributed by atoms with Crippen molar-refractivity contribution in [2.45, 2.75) is 51.0 Å². The lowest BCUT2D eigenvalue weighted by Gasteiger charge is -2.16. The summed E-state index contributed by atoms with van der Waals surface area (Å²) < 4.78 is 0. The van der Waals surface area contributed by atoms with Gasteiger partial charge in [0.1, 0.15) is 0 Å². The minimum atomic E-state index is -0.364. The monoisotopic (exact) mass is 318 g/mol. The van der Waals surface area contributed by atoms with Crippen LogP contribution in [0, 0.1) is 10.1 Å². The van der Waals surface area contributed by atoms with E-state index < -0.39 is 0 Å². The van der Waals surface area contributed by atoms with Gasteiger partial charge in [-0.1, -0.05) is 25.0 Å². The minimum Gasteiger partial charge on any atom is -0.356 e. The van der Waals surface area contributed by atoms with E-state index in [0.29, 0.717) is 6.04 Å². The van der Waals surface area contributed by atoms with Crippen LogP contribution in [0.15, 0.2) is 29.3 Å². The van der Waals surface area contributed by atoms with Crippen LogP contribution in [0.3, 0.4) is 0 Å². The summed E-state index contributed by atoms with van der Waals surface area (Å²) in [6, 6.07) is 7.39. The molecule has 1 saturated carbocycles. The number of benzene rings is 1. The molecule has 0 saturated heterocycles. The van der Waals surface area contributed by atoms with Crippen molar-refractivity contribution >= 4 is 11.6 Å². The van der Waals surface area contributed by atoms with Gasteiger partial charge >= 0.3 is 0 Å². The number of aliphatic imine (C=N–C) groups is 1. The van der Waals surface area contributed by atoms with Crippen LogP contribution in [0.2, 0.25) is 0 Å². The molecule has 2 rings (SSSR count). The summed E-state index contributed by atoms with van der Waals surface area (Å²) in [5.41, 5.74) is 1.29. The molecule has 126 valence electrons. The quantitative estimate of drug-likeness (QED) is 0.266. The molecule has 0 amide bonds. The van der Waals surface area contributed by atoms with Gasteiger partial charge in [-0.3, -0.25) is 15.1 Å². The molecule has 0 aliphatic heterocycles. The second-order valence-corrected chi connectivity index (χ2v) is 6.01. The maximum atomic E-state index is 10.6. The predicted molar refractivity (Wildman–Crippen MR) is 92.8 cm³/mol. The van der Waals surface area contributed by atoms with E-state index in [1.54, 1.807) is 19.2 Å². The number of nitro groups is 1. The van der Waals surface area contributed by atoms with E-state index in [1.807, 2.05) is 12.1 Å². The number of nitrogens with one attached hydrogen (secondary N) is 2. The SMILES string of the molecule is CN=C(NCCCCc1ccc([N+](=O)[O-])cc1)NC1CCCC1. The van der Waals surface area contributed by atoms with Crippen molar-refractivity contribution < 1.29 is 4.92 Å². The molecule has 0 bridgehead atoms. The van der Waals surface area contributed by atoms with Gasteiger partial charge in [0.25, 0.3) is 5.69 Å². The molecular formula is C17H26N4O2. The Kier molecular flexibility index (Phi) is 6.84. The Bertz CT molecular complexity index is 522. The molecule has 1 aliphatic rings. The Morgan fingerprint density at radius 1 is 1.26 bits per heavy atom. The Hall–Kier alpha value is -2.11. The van der Waals surface area contributed by atoms with Gasteiger partial charge in [-0.2, -0.15) is 0 Å². The van der Waals surface area contributed by atoms with Gasteiger partial charge < -0.3 is 10.6 Å². The summed E-state index contributed by atoms with van der Waals surface area (Å²) >= 11 is 0. The average molecular weight is 318 g/mol. The Balaban J connectivity index is 1.61. The van der Waals surface area contributed by atoms with E-state index in [-0.39, 0.29) is 10.6 Å². The molecule has 1 aromatic carbocycles. The molecular weight excluding hydrogens is 292 g/mol. The highest BCUT2D eigenvalue weighted by Crippen LogP contribution is 2.17. The van der Waals surface area contributed by atoms with Crippen molar-refractivity contribution in [1.82, 2.24) is 10.6 Å². The van der Waals surface area contributed by atoms with Gasteiger partial charge in [-0.25, -0.2) is 0 Å². The predicted octanol–water partition coefficient (Wildman–Crippen LogP) is 3.03. The van der Waals surface area contributed by atoms with Gasteiger partial charge in [-0.15, -0.1) is 0 Å². The highest BCUT2D eigenvalue weighted by Gasteiger charge is 2.15. The highest BCUT2D eigenvalue weighted by atomic mass is 16.6. The number of hydrogen-bond donors (Lipinski definition) is 2. The number of aryl methyl sites for hydroxylation is 1. The zero-order chi connectivity index (χ0) is 16.5. The fraction of sp³-hybridized carbons (Fsp3) is 0.588. The number of non-ortho nitro benzene ring substituents is 1. The molecule has 1 fully saturated rings. The van der Waals surface area contributed by atoms with Crippen molar-refractivity contribution in [3.8, 4) is 0 Å². The smallest absolute Gasteiger partial charge is 0.269 e. The van der Waals surface area contributed by atoms with E-state index in [9.17, 15) is 10.1 Å². The number of nitrogens with zero attached hydrogens (tertiary/aromatic N) is 2. The van der Waals surface area contributed by atoms with Crippen LogP contribution in [0.4, 0.5) is 5.69 Å². The van der Waals surface area contributed by atoms with Gasteiger partial charge in [-0.05, 0) is 37.7 Å². The maximum Gasteiger partial charge on any atom is 0.269 e. The fourth-order valence-electron chi connectivity index (χ4n) is 2.90. The lowest BCUT2D eigenvalue weighted by atomic mass is 10.1. The van der Waals surface area contributed by atoms with Crippen LogP contribution in [-0.2, 0) is 6.42 Å². The molecule has 0 unspecified atom stereocenters. The summed E-state index contributed by atoms with van der Waals surface area (Å²) in [5.74, 6) is 0.896. The minimum absolute atomic E-state index is 0.150. The summed E-state index contributed by atoms with van der Waals surface area (Å²) in [7, 11) is 1.81. The standard InChI is InChI=1S/C17H26N4O2/c1-18-17(20-15-7-2-3-8-15)19-13-5-4-6-14-9-11-16(12-10-14)21(22)23/h9-12,15H,2-8,13H2,1H3,(H2,18,19,20). The largest absolute Gasteiger partial charge is 0.356 e. The molecule has 6 heteroatoms. The van der Waals surface area contributed by atoms with Crippen LogP contribution in [0.25, 0.3) is 0 Å². The van der Waals surface area contributed by atoms with Gasteiger partial charge in [0, 0.05) is 31.8 Å². The Morgan fingerprint density at radius 3 is 2.57 bits per heavy atom. The van der Waals surface area contributed by atoms with Crippen LogP contribution in [0.1, 0.15) is 44.1 Å². The third kappa shape index (κ3) is 5.88. The summed E-state index contributed by atoms with van der Waals surface area (Å²) in [6.45, 7) is 0.888. The van der Waals surface area contributed by atoms with Crippen LogP contribution < -0.4 is 10.6 Å². The first kappa shape index (κ1) is 17.2. The van der Waals surface area contributed by atoms with Crippen molar-refractivity contribution in [3.63, 3.8) is 0 Å². The molecule has 1 aromatic rings. The second kappa shape index (κ2) is 9.12. The Morgan fingerprint density at radius 2 is 1.96 bits per heavy atom. The van der Waals surface area contributed by atoms with E-state index in [0.717, 1.165) is 37.3 Å². The topological polar surface area (TPSA) is 79.6 Å². The third-order valence-corrected chi connectivity index (χ3v) is 4.25. The number of rotatable bonds is 7. The van der Waals surface area contributed by atoms with Gasteiger partial charge in [0.2, 0.25) is 0 Å². The number of hydrogen-bond acceptors (Lipinski definition) is 3. The first-order chi connectivity index (χ1) is 11.2. The van der Waals surface area contributed by atoms with E-state index >= 15 is 0 Å². The van der Waals surface area contributed by atoms with Crippen molar-refractivity contribution in [1.29, 1.82) is 0 Å². The van der Waals surface area contributed by atoms with Crippen LogP contribution >= 0.6 is 0 Å². The molecule has 2 N–H and O–H groups in total.